The number of hydrogen-bond donors (Lipinski definition) is 2. The zero-order chi connectivity index (χ0) is 29.6. The molecule has 0 aliphatic heterocycles. The van der Waals surface area contributed by atoms with Crippen molar-refractivity contribution in [1.82, 2.24) is 5.32 Å². The molecule has 2 N–H and O–H groups in total. The lowest BCUT2D eigenvalue weighted by Crippen LogP contribution is -2.27. The van der Waals surface area contributed by atoms with Gasteiger partial charge in [0.05, 0.1) is 17.7 Å². The Bertz CT molecular complexity index is 1440. The standard InChI is InChI=1S/C31H27F6NO2S/c1-2-20-6-3-9-25(16-20)40-26-10-4-7-22(17-26)29(23-8-5-11-27(18-23)41-31(35,36)37)38-19-28(39)21-12-14-24(15-13-21)30(32,33)34/h3-18,28-29,38-39H,2,19H2,1H3. The first-order chi connectivity index (χ1) is 19.4. The molecule has 0 amide bonds. The van der Waals surface area contributed by atoms with E-state index in [-0.39, 0.29) is 28.8 Å². The molecule has 0 saturated heterocycles. The molecule has 0 bridgehead atoms. The molecule has 0 aliphatic carbocycles. The summed E-state index contributed by atoms with van der Waals surface area (Å²) >= 11 is -0.233. The Labute approximate surface area is 238 Å². The van der Waals surface area contributed by atoms with Crippen LogP contribution in [0.15, 0.2) is 102 Å². The van der Waals surface area contributed by atoms with Crippen LogP contribution in [-0.4, -0.2) is 17.2 Å². The highest BCUT2D eigenvalue weighted by molar-refractivity contribution is 8.00. The Morgan fingerprint density at radius 3 is 2.00 bits per heavy atom. The molecular formula is C31H27F6NO2S. The third-order valence-electron chi connectivity index (χ3n) is 6.30. The van der Waals surface area contributed by atoms with Crippen molar-refractivity contribution >= 4 is 11.8 Å². The Hall–Kier alpha value is -3.47. The van der Waals surface area contributed by atoms with Crippen molar-refractivity contribution in [2.45, 2.75) is 42.1 Å². The van der Waals surface area contributed by atoms with Gasteiger partial charge in [-0.25, -0.2) is 0 Å². The van der Waals surface area contributed by atoms with E-state index in [0.717, 1.165) is 24.1 Å². The van der Waals surface area contributed by atoms with Gasteiger partial charge in [-0.2, -0.15) is 26.3 Å². The zero-order valence-electron chi connectivity index (χ0n) is 21.8. The molecular weight excluding hydrogens is 564 g/mol. The first kappa shape index (κ1) is 30.5. The van der Waals surface area contributed by atoms with Gasteiger partial charge in [0.15, 0.2) is 0 Å². The van der Waals surface area contributed by atoms with E-state index in [9.17, 15) is 31.4 Å². The zero-order valence-corrected chi connectivity index (χ0v) is 22.7. The second-order valence-electron chi connectivity index (χ2n) is 9.27. The number of aryl methyl sites for hydroxylation is 1. The molecule has 2 atom stereocenters. The molecule has 4 aromatic carbocycles. The van der Waals surface area contributed by atoms with E-state index in [1.807, 2.05) is 31.2 Å². The Morgan fingerprint density at radius 1 is 0.756 bits per heavy atom. The normalized spacial score (nSPS) is 13.6. The summed E-state index contributed by atoms with van der Waals surface area (Å²) < 4.78 is 84.1. The quantitative estimate of drug-likeness (QED) is 0.143. The summed E-state index contributed by atoms with van der Waals surface area (Å²) in [6.45, 7) is 1.94. The second kappa shape index (κ2) is 13.0. The van der Waals surface area contributed by atoms with Gasteiger partial charge in [-0.15, -0.1) is 0 Å². The second-order valence-corrected chi connectivity index (χ2v) is 10.4. The first-order valence-electron chi connectivity index (χ1n) is 12.7. The molecule has 216 valence electrons. The maximum atomic E-state index is 13.1. The molecule has 0 fully saturated rings. The Balaban J connectivity index is 1.61. The van der Waals surface area contributed by atoms with E-state index in [2.05, 4.69) is 5.32 Å². The van der Waals surface area contributed by atoms with E-state index in [1.54, 1.807) is 30.3 Å². The predicted molar refractivity (Wildman–Crippen MR) is 147 cm³/mol. The van der Waals surface area contributed by atoms with Gasteiger partial charge in [0.1, 0.15) is 11.5 Å². The molecule has 0 aromatic heterocycles. The summed E-state index contributed by atoms with van der Waals surface area (Å²) in [5.74, 6) is 1.14. The summed E-state index contributed by atoms with van der Waals surface area (Å²) in [6.07, 6.45) is -4.85. The number of hydrogen-bond acceptors (Lipinski definition) is 4. The average Bonchev–Trinajstić information content (AvgIpc) is 2.92. The Morgan fingerprint density at radius 2 is 1.37 bits per heavy atom. The lowest BCUT2D eigenvalue weighted by Gasteiger charge is -2.23. The third kappa shape index (κ3) is 8.76. The van der Waals surface area contributed by atoms with Crippen LogP contribution in [0.5, 0.6) is 11.5 Å². The number of thioether (sulfide) groups is 1. The molecule has 10 heteroatoms. The van der Waals surface area contributed by atoms with Gasteiger partial charge in [-0.1, -0.05) is 55.5 Å². The van der Waals surface area contributed by atoms with Crippen LogP contribution in [0.1, 0.15) is 46.9 Å². The summed E-state index contributed by atoms with van der Waals surface area (Å²) in [6, 6.07) is 24.1. The number of rotatable bonds is 10. The molecule has 0 saturated carbocycles. The third-order valence-corrected chi connectivity index (χ3v) is 7.02. The fourth-order valence-corrected chi connectivity index (χ4v) is 4.89. The van der Waals surface area contributed by atoms with Crippen molar-refractivity contribution in [1.29, 1.82) is 0 Å². The van der Waals surface area contributed by atoms with Gasteiger partial charge < -0.3 is 15.2 Å². The lowest BCUT2D eigenvalue weighted by molar-refractivity contribution is -0.137. The molecule has 4 rings (SSSR count). The van der Waals surface area contributed by atoms with Gasteiger partial charge in [-0.05, 0) is 89.0 Å². The highest BCUT2D eigenvalue weighted by Crippen LogP contribution is 2.38. The summed E-state index contributed by atoms with van der Waals surface area (Å²) in [4.78, 5) is -0.00567. The van der Waals surface area contributed by atoms with Crippen LogP contribution < -0.4 is 10.1 Å². The van der Waals surface area contributed by atoms with Crippen molar-refractivity contribution in [2.75, 3.05) is 6.54 Å². The molecule has 0 radical (unpaired) electrons. The fraction of sp³-hybridized carbons (Fsp3) is 0.226. The van der Waals surface area contributed by atoms with Gasteiger partial charge in [0.2, 0.25) is 0 Å². The Kier molecular flexibility index (Phi) is 9.68. The van der Waals surface area contributed by atoms with E-state index < -0.39 is 29.4 Å². The lowest BCUT2D eigenvalue weighted by atomic mass is 9.97. The van der Waals surface area contributed by atoms with Crippen molar-refractivity contribution in [2.24, 2.45) is 0 Å². The molecule has 0 aliphatic rings. The maximum absolute atomic E-state index is 13.1. The van der Waals surface area contributed by atoms with Crippen LogP contribution in [0.4, 0.5) is 26.3 Å². The van der Waals surface area contributed by atoms with E-state index in [1.165, 1.54) is 30.3 Å². The SMILES string of the molecule is CCc1cccc(Oc2cccc(C(NCC(O)c3ccc(C(F)(F)F)cc3)c3cccc(SC(F)(F)F)c3)c2)c1. The molecule has 4 aromatic rings. The highest BCUT2D eigenvalue weighted by atomic mass is 32.2. The highest BCUT2D eigenvalue weighted by Gasteiger charge is 2.31. The fourth-order valence-electron chi connectivity index (χ4n) is 4.28. The van der Waals surface area contributed by atoms with Gasteiger partial charge in [0.25, 0.3) is 0 Å². The van der Waals surface area contributed by atoms with Crippen LogP contribution in [0.2, 0.25) is 0 Å². The number of aliphatic hydroxyl groups excluding tert-OH is 1. The molecule has 41 heavy (non-hydrogen) atoms. The summed E-state index contributed by atoms with van der Waals surface area (Å²) in [5, 5.41) is 13.9. The van der Waals surface area contributed by atoms with Crippen LogP contribution in [0.25, 0.3) is 0 Å². The maximum Gasteiger partial charge on any atom is 0.446 e. The number of nitrogens with one attached hydrogen (secondary N) is 1. The average molecular weight is 592 g/mol. The van der Waals surface area contributed by atoms with Crippen LogP contribution >= 0.6 is 11.8 Å². The minimum Gasteiger partial charge on any atom is -0.457 e. The van der Waals surface area contributed by atoms with Crippen molar-refractivity contribution < 1.29 is 36.2 Å². The topological polar surface area (TPSA) is 41.5 Å². The van der Waals surface area contributed by atoms with E-state index >= 15 is 0 Å². The smallest absolute Gasteiger partial charge is 0.446 e. The number of alkyl halides is 6. The van der Waals surface area contributed by atoms with Crippen LogP contribution in [-0.2, 0) is 12.6 Å². The summed E-state index contributed by atoms with van der Waals surface area (Å²) in [7, 11) is 0. The van der Waals surface area contributed by atoms with Gasteiger partial charge in [0, 0.05) is 11.4 Å². The number of aliphatic hydroxyl groups is 1. The monoisotopic (exact) mass is 591 g/mol. The largest absolute Gasteiger partial charge is 0.457 e. The summed E-state index contributed by atoms with van der Waals surface area (Å²) in [5.41, 5.74) is -2.79. The minimum atomic E-state index is -4.50. The van der Waals surface area contributed by atoms with Crippen LogP contribution in [0, 0.1) is 0 Å². The van der Waals surface area contributed by atoms with Crippen LogP contribution in [0.3, 0.4) is 0 Å². The van der Waals surface area contributed by atoms with Crippen molar-refractivity contribution in [3.63, 3.8) is 0 Å². The van der Waals surface area contributed by atoms with E-state index in [4.69, 9.17) is 4.74 Å². The van der Waals surface area contributed by atoms with E-state index in [0.29, 0.717) is 22.6 Å². The van der Waals surface area contributed by atoms with Crippen molar-refractivity contribution in [3.8, 4) is 11.5 Å². The van der Waals surface area contributed by atoms with Crippen molar-refractivity contribution in [3.05, 3.63) is 125 Å². The first-order valence-corrected chi connectivity index (χ1v) is 13.5. The molecule has 0 heterocycles. The van der Waals surface area contributed by atoms with Gasteiger partial charge in [-0.3, -0.25) is 0 Å². The number of halogens is 6. The number of ether oxygens (including phenoxy) is 1. The molecule has 2 unspecified atom stereocenters. The van der Waals surface area contributed by atoms with Gasteiger partial charge >= 0.3 is 11.7 Å². The molecule has 0 spiro atoms. The molecule has 3 nitrogen and oxygen atoms in total. The number of benzene rings is 4. The minimum absolute atomic E-state index is 0.00567. The predicted octanol–water partition coefficient (Wildman–Crippen LogP) is 9.08.